The van der Waals surface area contributed by atoms with E-state index in [4.69, 9.17) is 9.16 Å². The van der Waals surface area contributed by atoms with Gasteiger partial charge in [0.1, 0.15) is 12.4 Å². The highest BCUT2D eigenvalue weighted by Gasteiger charge is 2.65. The van der Waals surface area contributed by atoms with E-state index in [1.54, 1.807) is 12.5 Å². The van der Waals surface area contributed by atoms with Gasteiger partial charge in [-0.2, -0.15) is 4.79 Å². The minimum absolute atomic E-state index is 0.206. The van der Waals surface area contributed by atoms with Crippen LogP contribution in [0.15, 0.2) is 18.7 Å². The van der Waals surface area contributed by atoms with Crippen molar-refractivity contribution < 1.29 is 23.6 Å². The normalized spacial score (nSPS) is 40.3. The number of aliphatic hydroxyl groups excluding tert-OH is 1. The second-order valence-corrected chi connectivity index (χ2v) is 22.1. The summed E-state index contributed by atoms with van der Waals surface area (Å²) >= 11 is 0. The first kappa shape index (κ1) is 33.2. The predicted molar refractivity (Wildman–Crippen MR) is 174 cm³/mol. The Hall–Kier alpha value is -1.18. The highest BCUT2D eigenvalue weighted by Crippen LogP contribution is 2.69. The van der Waals surface area contributed by atoms with E-state index in [0.717, 1.165) is 19.3 Å². The van der Waals surface area contributed by atoms with Crippen molar-refractivity contribution >= 4 is 14.4 Å². The molecule has 4 aliphatic rings. The minimum Gasteiger partial charge on any atom is -0.431 e. The van der Waals surface area contributed by atoms with Gasteiger partial charge in [-0.3, -0.25) is 0 Å². The lowest BCUT2D eigenvalue weighted by molar-refractivity contribution is -0.670. The Labute approximate surface area is 263 Å². The highest BCUT2D eigenvalue weighted by atomic mass is 28.4. The number of fused-ring (bicyclic) bond motifs is 5. The van der Waals surface area contributed by atoms with Crippen LogP contribution in [0.3, 0.4) is 0 Å². The van der Waals surface area contributed by atoms with Crippen molar-refractivity contribution in [1.29, 1.82) is 0 Å². The number of aliphatic hydroxyl groups is 1. The second-order valence-electron chi connectivity index (χ2n) is 17.3. The molecule has 1 aromatic rings. The third kappa shape index (κ3) is 5.82. The highest BCUT2D eigenvalue weighted by molar-refractivity contribution is 6.74. The van der Waals surface area contributed by atoms with Crippen LogP contribution in [-0.2, 0) is 16.2 Å². The summed E-state index contributed by atoms with van der Waals surface area (Å²) in [6.07, 6.45) is 15.7. The summed E-state index contributed by atoms with van der Waals surface area (Å²) in [4.78, 5) is 12.5. The minimum atomic E-state index is -1.83. The monoisotopic (exact) mass is 615 g/mol. The van der Waals surface area contributed by atoms with Gasteiger partial charge >= 0.3 is 6.09 Å². The number of nitrogens with zero attached hydrogens (tertiary/aromatic N) is 2. The Bertz CT molecular complexity index is 1140. The number of aryl methyl sites for hydroxylation is 1. The van der Waals surface area contributed by atoms with Crippen LogP contribution in [0.1, 0.15) is 106 Å². The summed E-state index contributed by atoms with van der Waals surface area (Å²) in [5, 5.41) is 12.5. The topological polar surface area (TPSA) is 64.6 Å². The molecule has 1 unspecified atom stereocenters. The number of aromatic nitrogens is 2. The molecule has 0 saturated heterocycles. The number of ether oxygens (including phenoxy) is 1. The van der Waals surface area contributed by atoms with Gasteiger partial charge in [-0.25, -0.2) is 4.57 Å². The second kappa shape index (κ2) is 11.9. The van der Waals surface area contributed by atoms with Crippen molar-refractivity contribution in [2.75, 3.05) is 6.61 Å². The maximum atomic E-state index is 12.5. The molecule has 1 aromatic heterocycles. The van der Waals surface area contributed by atoms with Gasteiger partial charge in [0.25, 0.3) is 6.33 Å². The van der Waals surface area contributed by atoms with Crippen molar-refractivity contribution in [1.82, 2.24) is 4.57 Å². The molecule has 4 aliphatic carbocycles. The van der Waals surface area contributed by atoms with Crippen molar-refractivity contribution in [2.45, 2.75) is 137 Å². The van der Waals surface area contributed by atoms with Crippen LogP contribution in [0.25, 0.3) is 0 Å². The standard InChI is InChI=1S/C36H63N2O4Si/c1-11-26-30-22-25(42-43(9,10)34(3,4)5)14-17-36(30,7)29-15-18-35(6)27(12-13-28(35)31(29)32(26)39)24(2)16-21-41-33(40)38-20-19-37(8)23-38/h19-20,23-32,39H,11-18,21-22H2,1-10H3/q+1/t24-,25?,26-,27-,28+,29+,30+,31+,32-,35-,36-/m1/s1. The number of imidazole rings is 1. The summed E-state index contributed by atoms with van der Waals surface area (Å²) < 4.78 is 16.0. The Morgan fingerprint density at radius 2 is 1.77 bits per heavy atom. The van der Waals surface area contributed by atoms with Gasteiger partial charge in [0.05, 0.1) is 19.8 Å². The molecule has 0 bridgehead atoms. The maximum absolute atomic E-state index is 12.5. The Balaban J connectivity index is 1.28. The molecule has 7 heteroatoms. The Morgan fingerprint density at radius 3 is 2.40 bits per heavy atom. The van der Waals surface area contributed by atoms with E-state index in [9.17, 15) is 9.90 Å². The van der Waals surface area contributed by atoms with Crippen LogP contribution >= 0.6 is 0 Å². The van der Waals surface area contributed by atoms with Crippen LogP contribution in [-0.4, -0.2) is 42.9 Å². The summed E-state index contributed by atoms with van der Waals surface area (Å²) in [6.45, 7) is 22.2. The first-order valence-electron chi connectivity index (χ1n) is 17.6. The average Bonchev–Trinajstić information content (AvgIpc) is 3.51. The molecule has 1 N–H and O–H groups in total. The van der Waals surface area contributed by atoms with Gasteiger partial charge in [-0.15, -0.1) is 4.57 Å². The summed E-state index contributed by atoms with van der Waals surface area (Å²) in [5.41, 5.74) is 0.552. The summed E-state index contributed by atoms with van der Waals surface area (Å²) in [6, 6.07) is 0. The van der Waals surface area contributed by atoms with Crippen molar-refractivity contribution in [3.8, 4) is 0 Å². The largest absolute Gasteiger partial charge is 0.511 e. The molecule has 244 valence electrons. The number of hydrogen-bond donors (Lipinski definition) is 1. The molecule has 6 nitrogen and oxygen atoms in total. The molecule has 0 radical (unpaired) electrons. The van der Waals surface area contributed by atoms with Gasteiger partial charge in [0.2, 0.25) is 0 Å². The fourth-order valence-electron chi connectivity index (χ4n) is 10.8. The maximum Gasteiger partial charge on any atom is 0.511 e. The van der Waals surface area contributed by atoms with Crippen LogP contribution in [0, 0.1) is 52.3 Å². The van der Waals surface area contributed by atoms with Gasteiger partial charge in [0.15, 0.2) is 8.32 Å². The number of rotatable bonds is 7. The lowest BCUT2D eigenvalue weighted by Crippen LogP contribution is -2.62. The number of carbonyl (C=O) groups excluding carboxylic acids is 1. The molecular weight excluding hydrogens is 552 g/mol. The number of hydrogen-bond acceptors (Lipinski definition) is 4. The van der Waals surface area contributed by atoms with E-state index in [0.29, 0.717) is 59.6 Å². The van der Waals surface area contributed by atoms with Crippen molar-refractivity contribution in [2.24, 2.45) is 59.3 Å². The van der Waals surface area contributed by atoms with Crippen LogP contribution in [0.2, 0.25) is 18.1 Å². The lowest BCUT2D eigenvalue weighted by Gasteiger charge is -2.65. The molecule has 0 amide bonds. The lowest BCUT2D eigenvalue weighted by atomic mass is 9.41. The van der Waals surface area contributed by atoms with Gasteiger partial charge in [-0.1, -0.05) is 54.9 Å². The van der Waals surface area contributed by atoms with E-state index >= 15 is 0 Å². The Morgan fingerprint density at radius 1 is 1.09 bits per heavy atom. The molecule has 0 aromatic carbocycles. The zero-order chi connectivity index (χ0) is 31.5. The molecular formula is C36H63N2O4Si+. The molecule has 0 aliphatic heterocycles. The van der Waals surface area contributed by atoms with E-state index < -0.39 is 8.32 Å². The van der Waals surface area contributed by atoms with Crippen LogP contribution < -0.4 is 4.57 Å². The third-order valence-electron chi connectivity index (χ3n) is 14.2. The zero-order valence-corrected chi connectivity index (χ0v) is 30.1. The van der Waals surface area contributed by atoms with Crippen molar-refractivity contribution in [3.63, 3.8) is 0 Å². The predicted octanol–water partition coefficient (Wildman–Crippen LogP) is 7.98. The van der Waals surface area contributed by atoms with Gasteiger partial charge in [0, 0.05) is 6.10 Å². The van der Waals surface area contributed by atoms with E-state index in [1.165, 1.54) is 43.1 Å². The summed E-state index contributed by atoms with van der Waals surface area (Å²) in [7, 11) is 0.0748. The van der Waals surface area contributed by atoms with Gasteiger partial charge in [-0.05, 0) is 122 Å². The fourth-order valence-corrected chi connectivity index (χ4v) is 12.2. The molecule has 5 rings (SSSR count). The molecule has 1 heterocycles. The molecule has 0 spiro atoms. The first-order chi connectivity index (χ1) is 20.0. The zero-order valence-electron chi connectivity index (χ0n) is 29.1. The van der Waals surface area contributed by atoms with Crippen LogP contribution in [0.5, 0.6) is 0 Å². The van der Waals surface area contributed by atoms with Crippen molar-refractivity contribution in [3.05, 3.63) is 18.7 Å². The number of carbonyl (C=O) groups is 1. The van der Waals surface area contributed by atoms with E-state index in [2.05, 4.69) is 61.6 Å². The quantitative estimate of drug-likeness (QED) is 0.250. The Kier molecular flexibility index (Phi) is 9.17. The van der Waals surface area contributed by atoms with E-state index in [1.807, 2.05) is 17.8 Å². The van der Waals surface area contributed by atoms with Crippen LogP contribution in [0.4, 0.5) is 4.79 Å². The molecule has 11 atom stereocenters. The molecule has 4 fully saturated rings. The molecule has 4 saturated carbocycles. The average molecular weight is 616 g/mol. The van der Waals surface area contributed by atoms with Gasteiger partial charge < -0.3 is 14.3 Å². The fraction of sp³-hybridized carbons (Fsp3) is 0.889. The SMILES string of the molecule is CC[C@H]1[C@@H](O)[C@@H]2[C@H](CC[C@]3(C)[C@@H]([C@H](C)CCOC(=O)n4cc[n+](C)c4)CC[C@@H]23)[C@@]2(C)CCC(O[Si](C)(C)C(C)(C)C)C[C@@H]12. The first-order valence-corrected chi connectivity index (χ1v) is 20.5. The smallest absolute Gasteiger partial charge is 0.431 e. The molecule has 43 heavy (non-hydrogen) atoms. The van der Waals surface area contributed by atoms with E-state index in [-0.39, 0.29) is 22.7 Å². The summed E-state index contributed by atoms with van der Waals surface area (Å²) in [5.74, 6) is 3.64. The third-order valence-corrected chi connectivity index (χ3v) is 18.7.